The highest BCUT2D eigenvalue weighted by atomic mass is 35.5. The van der Waals surface area contributed by atoms with Crippen LogP contribution in [0, 0.1) is 5.92 Å². The molecule has 3 atom stereocenters. The number of ketones is 1. The Kier molecular flexibility index (Phi) is 9.74. The third-order valence-corrected chi connectivity index (χ3v) is 9.95. The second-order valence-electron chi connectivity index (χ2n) is 13.2. The number of amides is 3. The van der Waals surface area contributed by atoms with Gasteiger partial charge in [-0.25, -0.2) is 9.88 Å². The lowest BCUT2D eigenvalue weighted by Gasteiger charge is -2.28. The Morgan fingerprint density at radius 3 is 2.47 bits per heavy atom. The summed E-state index contributed by atoms with van der Waals surface area (Å²) in [6, 6.07) is 5.04. The van der Waals surface area contributed by atoms with Crippen molar-refractivity contribution in [1.29, 1.82) is 0 Å². The molecule has 1 saturated heterocycles. The Morgan fingerprint density at radius 2 is 1.84 bits per heavy atom. The van der Waals surface area contributed by atoms with Crippen LogP contribution in [0.2, 0.25) is 0 Å². The van der Waals surface area contributed by atoms with Gasteiger partial charge in [0.25, 0.3) is 11.8 Å². The molecule has 51 heavy (non-hydrogen) atoms. The van der Waals surface area contributed by atoms with Gasteiger partial charge >= 0.3 is 12.3 Å². The van der Waals surface area contributed by atoms with Crippen molar-refractivity contribution in [3.05, 3.63) is 64.6 Å². The van der Waals surface area contributed by atoms with E-state index in [1.54, 1.807) is 26.0 Å². The van der Waals surface area contributed by atoms with E-state index in [1.165, 1.54) is 32.7 Å². The van der Waals surface area contributed by atoms with Crippen LogP contribution in [0.3, 0.4) is 0 Å². The summed E-state index contributed by atoms with van der Waals surface area (Å²) in [7, 11) is 0. The Labute approximate surface area is 300 Å². The minimum Gasteiger partial charge on any atom is -0.466 e. The Morgan fingerprint density at radius 1 is 1.14 bits per heavy atom. The first-order valence-corrected chi connectivity index (χ1v) is 17.1. The zero-order valence-electron chi connectivity index (χ0n) is 27.6. The van der Waals surface area contributed by atoms with E-state index in [-0.39, 0.29) is 55.9 Å². The molecular formula is C34H34Cl2F3N5O7. The molecule has 2 aromatic rings. The number of hydrogen-bond donors (Lipinski definition) is 1. The molecule has 2 aliphatic carbocycles. The van der Waals surface area contributed by atoms with Crippen LogP contribution >= 0.6 is 23.2 Å². The third kappa shape index (κ3) is 7.36. The maximum Gasteiger partial charge on any atom is 0.573 e. The Bertz CT molecular complexity index is 1840. The van der Waals surface area contributed by atoms with E-state index in [4.69, 9.17) is 27.9 Å². The largest absolute Gasteiger partial charge is 0.573 e. The molecule has 272 valence electrons. The normalized spacial score (nSPS) is 23.7. The summed E-state index contributed by atoms with van der Waals surface area (Å²) < 4.78 is 48.6. The summed E-state index contributed by atoms with van der Waals surface area (Å²) in [5.41, 5.74) is -1.99. The number of aromatic nitrogens is 2. The van der Waals surface area contributed by atoms with Crippen LogP contribution < -0.4 is 15.0 Å². The van der Waals surface area contributed by atoms with Crippen molar-refractivity contribution in [3.63, 3.8) is 0 Å². The third-order valence-electron chi connectivity index (χ3n) is 9.41. The monoisotopic (exact) mass is 751 g/mol. The number of alkyl halides is 4. The van der Waals surface area contributed by atoms with Crippen LogP contribution in [0.4, 0.5) is 19.1 Å². The lowest BCUT2D eigenvalue weighted by atomic mass is 9.91. The average molecular weight is 753 g/mol. The highest BCUT2D eigenvalue weighted by Gasteiger charge is 2.56. The van der Waals surface area contributed by atoms with Gasteiger partial charge in [-0.3, -0.25) is 28.5 Å². The van der Waals surface area contributed by atoms with Gasteiger partial charge in [-0.2, -0.15) is 0 Å². The molecule has 1 aromatic carbocycles. The van der Waals surface area contributed by atoms with Gasteiger partial charge in [0, 0.05) is 36.9 Å². The quantitative estimate of drug-likeness (QED) is 0.198. The molecule has 17 heteroatoms. The van der Waals surface area contributed by atoms with Crippen LogP contribution in [0.1, 0.15) is 62.0 Å². The zero-order chi connectivity index (χ0) is 36.9. The van der Waals surface area contributed by atoms with E-state index in [1.807, 2.05) is 0 Å². The number of ether oxygens (including phenoxy) is 2. The second kappa shape index (κ2) is 13.6. The number of imidazole rings is 1. The maximum atomic E-state index is 14.3. The van der Waals surface area contributed by atoms with Gasteiger partial charge in [-0.05, 0) is 63.0 Å². The van der Waals surface area contributed by atoms with Gasteiger partial charge in [0.2, 0.25) is 11.9 Å². The van der Waals surface area contributed by atoms with Gasteiger partial charge in [-0.15, -0.1) is 24.8 Å². The van der Waals surface area contributed by atoms with E-state index < -0.39 is 52.3 Å². The number of nitrogens with one attached hydrogen (secondary N) is 1. The van der Waals surface area contributed by atoms with Crippen molar-refractivity contribution in [2.75, 3.05) is 24.6 Å². The molecule has 3 amide bonds. The van der Waals surface area contributed by atoms with Crippen molar-refractivity contribution in [2.45, 2.75) is 75.2 Å². The van der Waals surface area contributed by atoms with Crippen molar-refractivity contribution in [1.82, 2.24) is 19.8 Å². The molecular weight excluding hydrogens is 718 g/mol. The second-order valence-corrected chi connectivity index (χ2v) is 14.2. The van der Waals surface area contributed by atoms with Gasteiger partial charge in [-0.1, -0.05) is 23.7 Å². The number of fused-ring (bicyclic) bond motifs is 1. The fourth-order valence-corrected chi connectivity index (χ4v) is 7.46. The van der Waals surface area contributed by atoms with Crippen LogP contribution in [-0.2, 0) is 35.9 Å². The minimum atomic E-state index is -4.88. The van der Waals surface area contributed by atoms with Crippen LogP contribution in [0.25, 0.3) is 0 Å². The predicted molar refractivity (Wildman–Crippen MR) is 177 cm³/mol. The molecule has 1 saturated carbocycles. The van der Waals surface area contributed by atoms with Gasteiger partial charge in [0.05, 0.1) is 23.9 Å². The zero-order valence-corrected chi connectivity index (χ0v) is 29.1. The molecule has 6 rings (SSSR count). The number of benzene rings is 1. The summed E-state index contributed by atoms with van der Waals surface area (Å²) in [6.45, 7) is 3.77. The molecule has 0 bridgehead atoms. The van der Waals surface area contributed by atoms with Gasteiger partial charge in [0.1, 0.15) is 34.7 Å². The molecule has 12 nitrogen and oxygen atoms in total. The number of rotatable bonds is 11. The fraction of sp³-hybridized carbons (Fsp3) is 0.471. The van der Waals surface area contributed by atoms with Crippen LogP contribution in [0.15, 0.2) is 53.3 Å². The number of Topliss-reactive ketones (excluding diaryl/α,β-unsaturated/α-hetero) is 1. The topological polar surface area (TPSA) is 140 Å². The highest BCUT2D eigenvalue weighted by molar-refractivity contribution is 6.31. The minimum absolute atomic E-state index is 0.0303. The fourth-order valence-electron chi connectivity index (χ4n) is 6.81. The lowest BCUT2D eigenvalue weighted by Crippen LogP contribution is -2.51. The molecule has 1 N–H and O–H groups in total. The van der Waals surface area contributed by atoms with E-state index >= 15 is 0 Å². The number of nitrogens with zero attached hydrogens (tertiary/aromatic N) is 4. The first kappa shape index (κ1) is 36.4. The number of hydrogen-bond acceptors (Lipinski definition) is 8. The molecule has 2 aliphatic heterocycles. The van der Waals surface area contributed by atoms with Crippen LogP contribution in [0.5, 0.6) is 5.75 Å². The SMILES string of the molecule is CCOC(=O)CC(=O)[C@@H]1CCN(C(=O)C2(NC(=O)c3cnc4n3[C@](C)(Cc3ccc(OC(F)(F)F)cc3)C(=O)N4C3=CC(Cl)CC(Cl)=C3)CC2)C1. The van der Waals surface area contributed by atoms with Gasteiger partial charge in [0.15, 0.2) is 0 Å². The molecule has 4 aliphatic rings. The molecule has 3 heterocycles. The van der Waals surface area contributed by atoms with Crippen molar-refractivity contribution < 1.29 is 46.6 Å². The Hall–Kier alpha value is -4.37. The number of likely N-dealkylation sites (tertiary alicyclic amines) is 1. The molecule has 1 unspecified atom stereocenters. The van der Waals surface area contributed by atoms with E-state index in [0.29, 0.717) is 42.0 Å². The maximum absolute atomic E-state index is 14.3. The Balaban J connectivity index is 1.26. The summed E-state index contributed by atoms with van der Waals surface area (Å²) in [5, 5.41) is 2.71. The molecule has 1 aromatic heterocycles. The first-order chi connectivity index (χ1) is 24.0. The first-order valence-electron chi connectivity index (χ1n) is 16.3. The predicted octanol–water partition coefficient (Wildman–Crippen LogP) is 4.74. The number of halogens is 5. The summed E-state index contributed by atoms with van der Waals surface area (Å²) in [4.78, 5) is 73.8. The van der Waals surface area contributed by atoms with Gasteiger partial charge < -0.3 is 19.7 Å². The molecule has 0 radical (unpaired) electrons. The molecule has 0 spiro atoms. The molecule has 2 fully saturated rings. The standard InChI is InChI=1S/C34H34Cl2F3N5O7/c1-3-50-27(46)15-26(45)20-8-11-42(18-20)30(49)33(9-10-33)41-28(47)25-17-40-31-43(23-13-21(35)12-22(36)14-23)29(48)32(2,44(25)31)16-19-4-6-24(7-5-19)51-34(37,38)39/h4-7,13-14,17,20-21H,3,8-12,15-16,18H2,1-2H3,(H,41,47)/t20-,21?,32-/m1/s1. The van der Waals surface area contributed by atoms with Crippen molar-refractivity contribution in [2.24, 2.45) is 5.92 Å². The summed E-state index contributed by atoms with van der Waals surface area (Å²) in [6.07, 6.45) is 0.584. The van der Waals surface area contributed by atoms with E-state index in [2.05, 4.69) is 15.0 Å². The van der Waals surface area contributed by atoms with Crippen molar-refractivity contribution >= 4 is 58.6 Å². The average Bonchev–Trinajstić information content (AvgIpc) is 3.37. The number of allylic oxidation sites excluding steroid dienone is 3. The van der Waals surface area contributed by atoms with E-state index in [9.17, 15) is 37.1 Å². The highest BCUT2D eigenvalue weighted by Crippen LogP contribution is 2.44. The number of carbonyl (C=O) groups is 5. The summed E-state index contributed by atoms with van der Waals surface area (Å²) in [5.74, 6) is -3.35. The van der Waals surface area contributed by atoms with Crippen LogP contribution in [-0.4, -0.2) is 80.9 Å². The van der Waals surface area contributed by atoms with E-state index in [0.717, 1.165) is 12.1 Å². The van der Waals surface area contributed by atoms with Crippen molar-refractivity contribution in [3.8, 4) is 5.75 Å². The number of esters is 1. The summed E-state index contributed by atoms with van der Waals surface area (Å²) >= 11 is 12.7. The lowest BCUT2D eigenvalue weighted by molar-refractivity contribution is -0.274. The smallest absolute Gasteiger partial charge is 0.466 e. The number of anilines is 1. The number of carbonyl (C=O) groups excluding carboxylic acids is 5.